The van der Waals surface area contributed by atoms with Crippen molar-refractivity contribution in [1.29, 1.82) is 0 Å². The molecule has 0 bridgehead atoms. The van der Waals surface area contributed by atoms with E-state index in [9.17, 15) is 13.2 Å². The van der Waals surface area contributed by atoms with E-state index in [1.807, 2.05) is 0 Å². The van der Waals surface area contributed by atoms with Crippen LogP contribution in [-0.4, -0.2) is 40.0 Å². The number of hydrogen-bond donors (Lipinski definition) is 2. The van der Waals surface area contributed by atoms with Crippen molar-refractivity contribution in [3.05, 3.63) is 24.3 Å². The molecule has 0 spiro atoms. The first kappa shape index (κ1) is 15.3. The second kappa shape index (κ2) is 6.26. The maximum absolute atomic E-state index is 12.3. The van der Waals surface area contributed by atoms with Crippen LogP contribution in [0.15, 0.2) is 29.2 Å². The average Bonchev–Trinajstić information content (AvgIpc) is 3.20. The maximum atomic E-state index is 12.3. The van der Waals surface area contributed by atoms with Gasteiger partial charge in [0.05, 0.1) is 10.9 Å². The zero-order valence-electron chi connectivity index (χ0n) is 12.4. The van der Waals surface area contributed by atoms with Gasteiger partial charge in [-0.2, -0.15) is 0 Å². The second-order valence-electron chi connectivity index (χ2n) is 5.81. The fraction of sp³-hybridized carbons (Fsp3) is 0.533. The highest BCUT2D eigenvalue weighted by Gasteiger charge is 2.26. The number of carbonyl (C=O) groups is 1. The molecule has 1 aromatic rings. The molecule has 1 atom stereocenters. The van der Waals surface area contributed by atoms with E-state index in [0.717, 1.165) is 31.7 Å². The molecule has 3 rings (SSSR count). The van der Waals surface area contributed by atoms with Gasteiger partial charge in [-0.15, -0.1) is 0 Å². The molecule has 0 radical (unpaired) electrons. The molecule has 1 aromatic carbocycles. The average molecular weight is 323 g/mol. The number of nitrogens with one attached hydrogen (secondary N) is 2. The Bertz CT molecular complexity index is 631. The van der Waals surface area contributed by atoms with Crippen LogP contribution in [0.5, 0.6) is 0 Å². The Morgan fingerprint density at radius 3 is 2.41 bits per heavy atom. The van der Waals surface area contributed by atoms with E-state index < -0.39 is 22.0 Å². The summed E-state index contributed by atoms with van der Waals surface area (Å²) in [7, 11) is -3.80. The first-order chi connectivity index (χ1) is 10.6. The Labute approximate surface area is 130 Å². The fourth-order valence-corrected chi connectivity index (χ4v) is 4.00. The van der Waals surface area contributed by atoms with Gasteiger partial charge in [-0.1, -0.05) is 0 Å². The largest absolute Gasteiger partial charge is 0.372 e. The molecule has 6 nitrogen and oxygen atoms in total. The van der Waals surface area contributed by atoms with E-state index in [4.69, 9.17) is 0 Å². The Kier molecular flexibility index (Phi) is 4.35. The van der Waals surface area contributed by atoms with Gasteiger partial charge in [0.25, 0.3) is 15.9 Å². The van der Waals surface area contributed by atoms with Gasteiger partial charge >= 0.3 is 0 Å². The van der Waals surface area contributed by atoms with Gasteiger partial charge < -0.3 is 10.2 Å². The van der Waals surface area contributed by atoms with Gasteiger partial charge in [0.1, 0.15) is 0 Å². The molecule has 22 heavy (non-hydrogen) atoms. The summed E-state index contributed by atoms with van der Waals surface area (Å²) in [5.74, 6) is -0.471. The minimum Gasteiger partial charge on any atom is -0.372 e. The van der Waals surface area contributed by atoms with Crippen molar-refractivity contribution < 1.29 is 13.2 Å². The van der Waals surface area contributed by atoms with Gasteiger partial charge in [0.2, 0.25) is 0 Å². The van der Waals surface area contributed by atoms with Crippen LogP contribution in [0.3, 0.4) is 0 Å². The van der Waals surface area contributed by atoms with Crippen molar-refractivity contribution in [2.75, 3.05) is 24.5 Å². The molecule has 1 amide bonds. The predicted molar refractivity (Wildman–Crippen MR) is 84.2 cm³/mol. The molecule has 120 valence electrons. The van der Waals surface area contributed by atoms with Crippen LogP contribution in [0.2, 0.25) is 0 Å². The lowest BCUT2D eigenvalue weighted by atomic mass is 10.2. The summed E-state index contributed by atoms with van der Waals surface area (Å²) in [6.07, 6.45) is 3.91. The van der Waals surface area contributed by atoms with Gasteiger partial charge in [-0.25, -0.2) is 13.1 Å². The minimum absolute atomic E-state index is 0.127. The number of anilines is 1. The normalized spacial score (nSPS) is 22.0. The summed E-state index contributed by atoms with van der Waals surface area (Å²) in [6.45, 7) is 2.77. The third-order valence-electron chi connectivity index (χ3n) is 4.23. The number of sulfonamides is 1. The summed E-state index contributed by atoms with van der Waals surface area (Å²) in [4.78, 5) is 14.3. The predicted octanol–water partition coefficient (Wildman–Crippen LogP) is 0.844. The molecule has 2 aliphatic heterocycles. The molecule has 0 unspecified atom stereocenters. The molecular weight excluding hydrogens is 302 g/mol. The van der Waals surface area contributed by atoms with Crippen LogP contribution in [0.25, 0.3) is 0 Å². The third kappa shape index (κ3) is 3.25. The Morgan fingerprint density at radius 1 is 1.14 bits per heavy atom. The topological polar surface area (TPSA) is 78.5 Å². The number of hydrogen-bond acceptors (Lipinski definition) is 5. The molecule has 2 fully saturated rings. The SMILES string of the molecule is O=C(NS(=O)(=O)c1ccc(N2CCCC2)cc1)[C@@H]1CCCN1. The van der Waals surface area contributed by atoms with Crippen LogP contribution < -0.4 is 14.9 Å². The van der Waals surface area contributed by atoms with Crippen LogP contribution in [0, 0.1) is 0 Å². The van der Waals surface area contributed by atoms with Crippen molar-refractivity contribution in [3.8, 4) is 0 Å². The van der Waals surface area contributed by atoms with E-state index in [2.05, 4.69) is 14.9 Å². The highest BCUT2D eigenvalue weighted by molar-refractivity contribution is 7.90. The smallest absolute Gasteiger partial charge is 0.264 e. The van der Waals surface area contributed by atoms with E-state index in [-0.39, 0.29) is 4.90 Å². The lowest BCUT2D eigenvalue weighted by Crippen LogP contribution is -2.43. The minimum atomic E-state index is -3.80. The number of nitrogens with zero attached hydrogens (tertiary/aromatic N) is 1. The molecule has 7 heteroatoms. The summed E-state index contributed by atoms with van der Waals surface area (Å²) >= 11 is 0. The van der Waals surface area contributed by atoms with E-state index >= 15 is 0 Å². The van der Waals surface area contributed by atoms with Gasteiger partial charge in [-0.05, 0) is 56.5 Å². The third-order valence-corrected chi connectivity index (χ3v) is 5.59. The first-order valence-electron chi connectivity index (χ1n) is 7.71. The highest BCUT2D eigenvalue weighted by Crippen LogP contribution is 2.22. The van der Waals surface area contributed by atoms with Gasteiger partial charge in [0, 0.05) is 18.8 Å². The number of carbonyl (C=O) groups excluding carboxylic acids is 1. The standard InChI is InChI=1S/C15H21N3O3S/c19-15(14-4-3-9-16-14)17-22(20,21)13-7-5-12(6-8-13)18-10-1-2-11-18/h5-8,14,16H,1-4,9-11H2,(H,17,19)/t14-/m0/s1. The second-order valence-corrected chi connectivity index (χ2v) is 7.49. The molecule has 2 heterocycles. The molecule has 2 N–H and O–H groups in total. The number of benzene rings is 1. The van der Waals surface area contributed by atoms with Crippen molar-refractivity contribution in [2.45, 2.75) is 36.6 Å². The molecule has 0 saturated carbocycles. The summed E-state index contributed by atoms with van der Waals surface area (Å²) in [5.41, 5.74) is 1.03. The molecular formula is C15H21N3O3S. The maximum Gasteiger partial charge on any atom is 0.264 e. The van der Waals surface area contributed by atoms with E-state index in [0.29, 0.717) is 6.42 Å². The van der Waals surface area contributed by atoms with Crippen LogP contribution in [-0.2, 0) is 14.8 Å². The number of amides is 1. The Morgan fingerprint density at radius 2 is 1.82 bits per heavy atom. The molecule has 0 aromatic heterocycles. The first-order valence-corrected chi connectivity index (χ1v) is 9.20. The molecule has 2 aliphatic rings. The molecule has 2 saturated heterocycles. The van der Waals surface area contributed by atoms with Crippen LogP contribution in [0.4, 0.5) is 5.69 Å². The summed E-state index contributed by atoms with van der Waals surface area (Å²) in [6, 6.07) is 6.33. The lowest BCUT2D eigenvalue weighted by molar-refractivity contribution is -0.121. The van der Waals surface area contributed by atoms with Crippen LogP contribution in [0.1, 0.15) is 25.7 Å². The van der Waals surface area contributed by atoms with E-state index in [1.165, 1.54) is 12.8 Å². The van der Waals surface area contributed by atoms with Gasteiger partial charge in [-0.3, -0.25) is 4.79 Å². The highest BCUT2D eigenvalue weighted by atomic mass is 32.2. The monoisotopic (exact) mass is 323 g/mol. The quantitative estimate of drug-likeness (QED) is 0.859. The van der Waals surface area contributed by atoms with Crippen molar-refractivity contribution in [1.82, 2.24) is 10.0 Å². The Hall–Kier alpha value is -1.60. The zero-order chi connectivity index (χ0) is 15.6. The molecule has 0 aliphatic carbocycles. The summed E-state index contributed by atoms with van der Waals surface area (Å²) in [5, 5.41) is 2.99. The lowest BCUT2D eigenvalue weighted by Gasteiger charge is -2.18. The fourth-order valence-electron chi connectivity index (χ4n) is 2.98. The van der Waals surface area contributed by atoms with Crippen LogP contribution >= 0.6 is 0 Å². The van der Waals surface area contributed by atoms with Crippen molar-refractivity contribution in [3.63, 3.8) is 0 Å². The summed E-state index contributed by atoms with van der Waals surface area (Å²) < 4.78 is 26.7. The Balaban J connectivity index is 1.69. The van der Waals surface area contributed by atoms with Gasteiger partial charge in [0.15, 0.2) is 0 Å². The van der Waals surface area contributed by atoms with Crippen molar-refractivity contribution in [2.24, 2.45) is 0 Å². The van der Waals surface area contributed by atoms with E-state index in [1.54, 1.807) is 24.3 Å². The number of rotatable bonds is 4. The van der Waals surface area contributed by atoms with Crippen molar-refractivity contribution >= 4 is 21.6 Å². The zero-order valence-corrected chi connectivity index (χ0v) is 13.2.